The Hall–Kier alpha value is -0.410. The van der Waals surface area contributed by atoms with E-state index in [0.717, 1.165) is 19.5 Å². The predicted molar refractivity (Wildman–Crippen MR) is 90.6 cm³/mol. The van der Waals surface area contributed by atoms with Crippen LogP contribution in [0.1, 0.15) is 65.6 Å². The summed E-state index contributed by atoms with van der Waals surface area (Å²) in [4.78, 5) is 4.85. The van der Waals surface area contributed by atoms with E-state index in [1.165, 1.54) is 17.1 Å². The van der Waals surface area contributed by atoms with Gasteiger partial charge in [-0.15, -0.1) is 11.3 Å². The molecular formula is C17H32N2S. The Morgan fingerprint density at radius 1 is 1.25 bits per heavy atom. The smallest absolute Gasteiger partial charge is 0.0934 e. The highest BCUT2D eigenvalue weighted by Crippen LogP contribution is 2.30. The van der Waals surface area contributed by atoms with Crippen LogP contribution in [-0.4, -0.2) is 18.1 Å². The second kappa shape index (κ2) is 7.04. The molecule has 0 fully saturated rings. The van der Waals surface area contributed by atoms with Crippen molar-refractivity contribution in [2.24, 2.45) is 11.3 Å². The summed E-state index contributed by atoms with van der Waals surface area (Å²) in [6.07, 6.45) is 2.26. The Labute approximate surface area is 129 Å². The molecule has 1 aromatic rings. The summed E-state index contributed by atoms with van der Waals surface area (Å²) in [6, 6.07) is 0. The summed E-state index contributed by atoms with van der Waals surface area (Å²) in [5, 5.41) is 7.12. The van der Waals surface area contributed by atoms with Crippen LogP contribution in [0.2, 0.25) is 0 Å². The van der Waals surface area contributed by atoms with Crippen molar-refractivity contribution in [3.8, 4) is 0 Å². The monoisotopic (exact) mass is 296 g/mol. The summed E-state index contributed by atoms with van der Waals surface area (Å²) in [7, 11) is 0. The molecule has 0 saturated carbocycles. The van der Waals surface area contributed by atoms with E-state index in [1.54, 1.807) is 0 Å². The SMILES string of the molecule is CCC(C)(CNCC(C)C)Cc1nc(C(C)(C)C)cs1. The first-order valence-corrected chi connectivity index (χ1v) is 8.70. The predicted octanol–water partition coefficient (Wildman–Crippen LogP) is 4.65. The molecule has 116 valence electrons. The normalized spacial score (nSPS) is 15.6. The molecule has 0 amide bonds. The van der Waals surface area contributed by atoms with Gasteiger partial charge in [-0.2, -0.15) is 0 Å². The van der Waals surface area contributed by atoms with Gasteiger partial charge < -0.3 is 5.32 Å². The van der Waals surface area contributed by atoms with Crippen molar-refractivity contribution in [3.63, 3.8) is 0 Å². The third-order valence-electron chi connectivity index (χ3n) is 3.86. The average Bonchev–Trinajstić information content (AvgIpc) is 2.76. The lowest BCUT2D eigenvalue weighted by Gasteiger charge is -2.28. The maximum Gasteiger partial charge on any atom is 0.0934 e. The van der Waals surface area contributed by atoms with E-state index >= 15 is 0 Å². The van der Waals surface area contributed by atoms with E-state index < -0.39 is 0 Å². The first-order valence-electron chi connectivity index (χ1n) is 7.82. The van der Waals surface area contributed by atoms with Crippen molar-refractivity contribution in [1.29, 1.82) is 0 Å². The number of hydrogen-bond acceptors (Lipinski definition) is 3. The summed E-state index contributed by atoms with van der Waals surface area (Å²) in [5.74, 6) is 0.712. The molecule has 1 aromatic heterocycles. The highest BCUT2D eigenvalue weighted by atomic mass is 32.1. The van der Waals surface area contributed by atoms with Gasteiger partial charge in [0, 0.05) is 23.8 Å². The van der Waals surface area contributed by atoms with Gasteiger partial charge in [0.25, 0.3) is 0 Å². The molecule has 1 unspecified atom stereocenters. The minimum Gasteiger partial charge on any atom is -0.316 e. The molecule has 20 heavy (non-hydrogen) atoms. The third kappa shape index (κ3) is 5.53. The van der Waals surface area contributed by atoms with Crippen LogP contribution in [0.3, 0.4) is 0 Å². The second-order valence-corrected chi connectivity index (χ2v) is 8.68. The van der Waals surface area contributed by atoms with Crippen molar-refractivity contribution in [2.75, 3.05) is 13.1 Å². The van der Waals surface area contributed by atoms with E-state index in [-0.39, 0.29) is 5.41 Å². The molecule has 3 heteroatoms. The number of hydrogen-bond donors (Lipinski definition) is 1. The first-order chi connectivity index (χ1) is 9.16. The minimum absolute atomic E-state index is 0.160. The Bertz CT molecular complexity index is 403. The van der Waals surface area contributed by atoms with Crippen LogP contribution in [0.5, 0.6) is 0 Å². The molecule has 1 N–H and O–H groups in total. The lowest BCUT2D eigenvalue weighted by atomic mass is 9.84. The summed E-state index contributed by atoms with van der Waals surface area (Å²) < 4.78 is 0. The van der Waals surface area contributed by atoms with Crippen LogP contribution in [-0.2, 0) is 11.8 Å². The molecule has 2 nitrogen and oxygen atoms in total. The highest BCUT2D eigenvalue weighted by molar-refractivity contribution is 7.09. The van der Waals surface area contributed by atoms with Crippen molar-refractivity contribution < 1.29 is 0 Å². The van der Waals surface area contributed by atoms with E-state index in [2.05, 4.69) is 59.2 Å². The van der Waals surface area contributed by atoms with Crippen LogP contribution in [0.4, 0.5) is 0 Å². The molecule has 1 atom stereocenters. The van der Waals surface area contributed by atoms with Crippen LogP contribution < -0.4 is 5.32 Å². The fraction of sp³-hybridized carbons (Fsp3) is 0.824. The Morgan fingerprint density at radius 3 is 2.35 bits per heavy atom. The lowest BCUT2D eigenvalue weighted by Crippen LogP contribution is -2.35. The maximum absolute atomic E-state index is 4.85. The quantitative estimate of drug-likeness (QED) is 0.792. The molecule has 0 aliphatic heterocycles. The molecule has 0 aromatic carbocycles. The van der Waals surface area contributed by atoms with Crippen LogP contribution in [0, 0.1) is 11.3 Å². The molecule has 1 rings (SSSR count). The van der Waals surface area contributed by atoms with Crippen molar-refractivity contribution in [3.05, 3.63) is 16.1 Å². The third-order valence-corrected chi connectivity index (χ3v) is 4.70. The number of nitrogens with one attached hydrogen (secondary N) is 1. The van der Waals surface area contributed by atoms with Gasteiger partial charge in [0.15, 0.2) is 0 Å². The molecular weight excluding hydrogens is 264 g/mol. The van der Waals surface area contributed by atoms with Crippen molar-refractivity contribution in [1.82, 2.24) is 10.3 Å². The van der Waals surface area contributed by atoms with E-state index in [4.69, 9.17) is 4.98 Å². The summed E-state index contributed by atoms with van der Waals surface area (Å²) in [6.45, 7) is 18.0. The fourth-order valence-corrected chi connectivity index (χ4v) is 3.31. The molecule has 0 saturated heterocycles. The van der Waals surface area contributed by atoms with Gasteiger partial charge in [-0.25, -0.2) is 4.98 Å². The molecule has 0 spiro atoms. The summed E-state index contributed by atoms with van der Waals surface area (Å²) >= 11 is 1.82. The fourth-order valence-electron chi connectivity index (χ4n) is 2.08. The van der Waals surface area contributed by atoms with E-state index in [1.807, 2.05) is 11.3 Å². The number of nitrogens with zero attached hydrogens (tertiary/aromatic N) is 1. The number of thiazole rings is 1. The molecule has 0 aliphatic rings. The molecule has 0 radical (unpaired) electrons. The minimum atomic E-state index is 0.160. The van der Waals surface area contributed by atoms with E-state index in [9.17, 15) is 0 Å². The topological polar surface area (TPSA) is 24.9 Å². The van der Waals surface area contributed by atoms with Gasteiger partial charge in [0.1, 0.15) is 0 Å². The maximum atomic E-state index is 4.85. The van der Waals surface area contributed by atoms with Crippen LogP contribution >= 0.6 is 11.3 Å². The molecule has 0 bridgehead atoms. The van der Waals surface area contributed by atoms with Gasteiger partial charge in [-0.3, -0.25) is 0 Å². The van der Waals surface area contributed by atoms with Crippen LogP contribution in [0.15, 0.2) is 5.38 Å². The second-order valence-electron chi connectivity index (χ2n) is 7.74. The van der Waals surface area contributed by atoms with Crippen molar-refractivity contribution >= 4 is 11.3 Å². The Kier molecular flexibility index (Phi) is 6.21. The van der Waals surface area contributed by atoms with Gasteiger partial charge in [0.05, 0.1) is 10.7 Å². The van der Waals surface area contributed by atoms with E-state index in [0.29, 0.717) is 11.3 Å². The van der Waals surface area contributed by atoms with Gasteiger partial charge in [0.2, 0.25) is 0 Å². The first kappa shape index (κ1) is 17.6. The molecule has 0 aliphatic carbocycles. The lowest BCUT2D eigenvalue weighted by molar-refractivity contribution is 0.284. The van der Waals surface area contributed by atoms with Crippen molar-refractivity contribution in [2.45, 2.75) is 66.7 Å². The Balaban J connectivity index is 2.65. The van der Waals surface area contributed by atoms with Gasteiger partial charge >= 0.3 is 0 Å². The highest BCUT2D eigenvalue weighted by Gasteiger charge is 2.25. The number of rotatable bonds is 7. The van der Waals surface area contributed by atoms with Gasteiger partial charge in [-0.05, 0) is 24.3 Å². The average molecular weight is 297 g/mol. The zero-order valence-corrected chi connectivity index (χ0v) is 15.2. The zero-order chi connectivity index (χ0) is 15.4. The largest absolute Gasteiger partial charge is 0.316 e. The summed E-state index contributed by atoms with van der Waals surface area (Å²) in [5.41, 5.74) is 1.70. The molecule has 1 heterocycles. The number of aromatic nitrogens is 1. The Morgan fingerprint density at radius 2 is 1.90 bits per heavy atom. The van der Waals surface area contributed by atoms with Crippen LogP contribution in [0.25, 0.3) is 0 Å². The van der Waals surface area contributed by atoms with Gasteiger partial charge in [-0.1, -0.05) is 48.5 Å². The standard InChI is InChI=1S/C17H32N2S/c1-8-17(7,12-18-10-13(2)3)9-15-19-14(11-20-15)16(4,5)6/h11,13,18H,8-10,12H2,1-7H3. The zero-order valence-electron chi connectivity index (χ0n) is 14.3.